The summed E-state index contributed by atoms with van der Waals surface area (Å²) in [6.45, 7) is 1.98. The number of carboxylic acids is 1. The third-order valence-corrected chi connectivity index (χ3v) is 4.31. The van der Waals surface area contributed by atoms with Crippen LogP contribution in [0.1, 0.15) is 71.1 Å². The maximum Gasteiger partial charge on any atom is 0.306 e. The Bertz CT molecular complexity index is 275. The Hall–Kier alpha value is -1.06. The molecule has 1 N–H and O–H groups in total. The van der Waals surface area contributed by atoms with Crippen LogP contribution in [-0.4, -0.2) is 23.7 Å². The van der Waals surface area contributed by atoms with E-state index in [1.807, 2.05) is 0 Å². The van der Waals surface area contributed by atoms with Gasteiger partial charge in [-0.15, -0.1) is 0 Å². The van der Waals surface area contributed by atoms with Gasteiger partial charge in [-0.1, -0.05) is 51.4 Å². The number of hydrogen-bond acceptors (Lipinski definition) is 3. The topological polar surface area (TPSA) is 63.6 Å². The van der Waals surface area contributed by atoms with E-state index in [2.05, 4.69) is 4.74 Å². The number of ether oxygens (including phenoxy) is 1. The molecule has 2 saturated carbocycles. The highest BCUT2D eigenvalue weighted by molar-refractivity contribution is 5.76. The van der Waals surface area contributed by atoms with Gasteiger partial charge >= 0.3 is 11.9 Å². The lowest BCUT2D eigenvalue weighted by molar-refractivity contribution is -0.147. The van der Waals surface area contributed by atoms with E-state index in [1.165, 1.54) is 25.7 Å². The highest BCUT2D eigenvalue weighted by Gasteiger charge is 2.26. The van der Waals surface area contributed by atoms with Crippen molar-refractivity contribution in [1.82, 2.24) is 0 Å². The fourth-order valence-corrected chi connectivity index (χ4v) is 3.30. The Balaban J connectivity index is 0.000000200. The molecule has 0 aromatic heterocycles. The van der Waals surface area contributed by atoms with E-state index in [0.29, 0.717) is 6.61 Å². The van der Waals surface area contributed by atoms with Gasteiger partial charge in [0.1, 0.15) is 0 Å². The SMILES string of the molecule is C1CCC(C2CCCC2)C1.CCOC(=O)CCC(=O)O. The summed E-state index contributed by atoms with van der Waals surface area (Å²) in [4.78, 5) is 20.4. The molecule has 2 fully saturated rings. The molecule has 2 aliphatic carbocycles. The molecule has 0 amide bonds. The van der Waals surface area contributed by atoms with Crippen LogP contribution in [0.4, 0.5) is 0 Å². The summed E-state index contributed by atoms with van der Waals surface area (Å²) >= 11 is 0. The Morgan fingerprint density at radius 1 is 0.950 bits per heavy atom. The van der Waals surface area contributed by atoms with Crippen molar-refractivity contribution in [2.75, 3.05) is 6.61 Å². The molecule has 0 saturated heterocycles. The van der Waals surface area contributed by atoms with E-state index >= 15 is 0 Å². The Morgan fingerprint density at radius 3 is 1.75 bits per heavy atom. The number of carbonyl (C=O) groups is 2. The first kappa shape index (κ1) is 17.0. The van der Waals surface area contributed by atoms with Gasteiger partial charge in [0.2, 0.25) is 0 Å². The molecule has 20 heavy (non-hydrogen) atoms. The van der Waals surface area contributed by atoms with E-state index in [4.69, 9.17) is 5.11 Å². The fraction of sp³-hybridized carbons (Fsp3) is 0.875. The predicted molar refractivity (Wildman–Crippen MR) is 77.4 cm³/mol. The van der Waals surface area contributed by atoms with Gasteiger partial charge in [-0.05, 0) is 18.8 Å². The lowest BCUT2D eigenvalue weighted by Crippen LogP contribution is -2.06. The van der Waals surface area contributed by atoms with Crippen LogP contribution in [0.2, 0.25) is 0 Å². The molecule has 0 heterocycles. The first-order valence-electron chi connectivity index (χ1n) is 8.01. The number of carbonyl (C=O) groups excluding carboxylic acids is 1. The van der Waals surface area contributed by atoms with Crippen molar-refractivity contribution in [2.45, 2.75) is 71.1 Å². The minimum Gasteiger partial charge on any atom is -0.481 e. The smallest absolute Gasteiger partial charge is 0.306 e. The van der Waals surface area contributed by atoms with Crippen LogP contribution in [-0.2, 0) is 14.3 Å². The summed E-state index contributed by atoms with van der Waals surface area (Å²) in [5, 5.41) is 8.12. The summed E-state index contributed by atoms with van der Waals surface area (Å²) in [6.07, 6.45) is 12.2. The first-order valence-corrected chi connectivity index (χ1v) is 8.01. The minimum atomic E-state index is -0.979. The van der Waals surface area contributed by atoms with Crippen LogP contribution in [0.5, 0.6) is 0 Å². The number of hydrogen-bond donors (Lipinski definition) is 1. The highest BCUT2D eigenvalue weighted by atomic mass is 16.5. The molecular formula is C16H28O4. The lowest BCUT2D eigenvalue weighted by Gasteiger charge is -2.16. The Morgan fingerprint density at radius 2 is 1.40 bits per heavy atom. The zero-order valence-corrected chi connectivity index (χ0v) is 12.6. The van der Waals surface area contributed by atoms with Crippen molar-refractivity contribution in [1.29, 1.82) is 0 Å². The molecular weight excluding hydrogens is 256 g/mol. The number of esters is 1. The minimum absolute atomic E-state index is 0.0385. The molecule has 0 spiro atoms. The van der Waals surface area contributed by atoms with Crippen LogP contribution in [0.3, 0.4) is 0 Å². The Kier molecular flexibility index (Phi) is 8.31. The second-order valence-corrected chi connectivity index (χ2v) is 5.79. The Labute approximate surface area is 121 Å². The van der Waals surface area contributed by atoms with Gasteiger partial charge in [0.15, 0.2) is 0 Å². The van der Waals surface area contributed by atoms with Gasteiger partial charge in [-0.2, -0.15) is 0 Å². The summed E-state index contributed by atoms with van der Waals surface area (Å²) in [5.74, 6) is 0.878. The van der Waals surface area contributed by atoms with E-state index in [9.17, 15) is 9.59 Å². The molecule has 0 atom stereocenters. The standard InChI is InChI=1S/C10H18.C6H10O4/c1-2-6-9(5-1)10-7-3-4-8-10;1-2-10-6(9)4-3-5(7)8/h9-10H,1-8H2;2-4H2,1H3,(H,7,8). The number of aliphatic carboxylic acids is 1. The molecule has 4 nitrogen and oxygen atoms in total. The molecule has 2 rings (SSSR count). The van der Waals surface area contributed by atoms with Gasteiger partial charge in [-0.3, -0.25) is 9.59 Å². The van der Waals surface area contributed by atoms with Crippen molar-refractivity contribution in [3.05, 3.63) is 0 Å². The third-order valence-electron chi connectivity index (χ3n) is 4.31. The van der Waals surface area contributed by atoms with E-state index in [-0.39, 0.29) is 12.8 Å². The quantitative estimate of drug-likeness (QED) is 0.780. The summed E-state index contributed by atoms with van der Waals surface area (Å²) in [5.41, 5.74) is 0. The molecule has 0 aliphatic heterocycles. The van der Waals surface area contributed by atoms with E-state index < -0.39 is 11.9 Å². The second-order valence-electron chi connectivity index (χ2n) is 5.79. The summed E-state index contributed by atoms with van der Waals surface area (Å²) in [6, 6.07) is 0. The van der Waals surface area contributed by atoms with Crippen molar-refractivity contribution in [2.24, 2.45) is 11.8 Å². The largest absolute Gasteiger partial charge is 0.481 e. The lowest BCUT2D eigenvalue weighted by atomic mass is 9.90. The van der Waals surface area contributed by atoms with Crippen LogP contribution in [0, 0.1) is 11.8 Å². The van der Waals surface area contributed by atoms with Gasteiger partial charge in [0.05, 0.1) is 19.4 Å². The normalized spacial score (nSPS) is 19.4. The van der Waals surface area contributed by atoms with Crippen molar-refractivity contribution >= 4 is 11.9 Å². The van der Waals surface area contributed by atoms with Crippen LogP contribution >= 0.6 is 0 Å². The first-order chi connectivity index (χ1) is 9.63. The summed E-state index contributed by atoms with van der Waals surface area (Å²) in [7, 11) is 0. The summed E-state index contributed by atoms with van der Waals surface area (Å²) < 4.78 is 4.49. The monoisotopic (exact) mass is 284 g/mol. The van der Waals surface area contributed by atoms with Gasteiger partial charge < -0.3 is 9.84 Å². The van der Waals surface area contributed by atoms with Crippen molar-refractivity contribution in [3.63, 3.8) is 0 Å². The van der Waals surface area contributed by atoms with Crippen LogP contribution in [0.25, 0.3) is 0 Å². The van der Waals surface area contributed by atoms with Gasteiger partial charge in [-0.25, -0.2) is 0 Å². The third kappa shape index (κ3) is 6.92. The van der Waals surface area contributed by atoms with Gasteiger partial charge in [0.25, 0.3) is 0 Å². The molecule has 116 valence electrons. The molecule has 4 heteroatoms. The highest BCUT2D eigenvalue weighted by Crippen LogP contribution is 2.39. The average Bonchev–Trinajstić information content (AvgIpc) is 3.09. The maximum absolute atomic E-state index is 10.5. The zero-order valence-electron chi connectivity index (χ0n) is 12.6. The molecule has 0 aromatic rings. The molecule has 0 aromatic carbocycles. The van der Waals surface area contributed by atoms with Crippen molar-refractivity contribution < 1.29 is 19.4 Å². The second kappa shape index (κ2) is 9.78. The molecule has 0 radical (unpaired) electrons. The zero-order chi connectivity index (χ0) is 14.8. The maximum atomic E-state index is 10.5. The number of carboxylic acid groups (broad SMARTS) is 1. The number of rotatable bonds is 5. The van der Waals surface area contributed by atoms with Crippen LogP contribution < -0.4 is 0 Å². The predicted octanol–water partition coefficient (Wildman–Crippen LogP) is 3.78. The molecule has 2 aliphatic rings. The van der Waals surface area contributed by atoms with E-state index in [0.717, 1.165) is 11.8 Å². The van der Waals surface area contributed by atoms with Gasteiger partial charge in [0, 0.05) is 0 Å². The molecule has 0 bridgehead atoms. The van der Waals surface area contributed by atoms with Crippen molar-refractivity contribution in [3.8, 4) is 0 Å². The van der Waals surface area contributed by atoms with Crippen LogP contribution in [0.15, 0.2) is 0 Å². The molecule has 0 unspecified atom stereocenters. The van der Waals surface area contributed by atoms with E-state index in [1.54, 1.807) is 32.6 Å². The fourth-order valence-electron chi connectivity index (χ4n) is 3.30. The average molecular weight is 284 g/mol.